The number of quaternary nitrogens is 2. The fourth-order valence-electron chi connectivity index (χ4n) is 0.843. The topological polar surface area (TPSA) is 136 Å². The number of carboxylic acids is 2. The largest absolute Gasteiger partial charge is 0.545 e. The molecule has 6 nitrogen and oxygen atoms in total. The minimum Gasteiger partial charge on any atom is -0.545 e. The lowest BCUT2D eigenvalue weighted by molar-refractivity contribution is -0.371. The van der Waals surface area contributed by atoms with Gasteiger partial charge in [0.05, 0.1) is 25.0 Å². The summed E-state index contributed by atoms with van der Waals surface area (Å²) < 4.78 is 0. The Balaban J connectivity index is 0. The predicted octanol–water partition coefficient (Wildman–Crippen LogP) is -3.93. The number of rotatable bonds is 7. The van der Waals surface area contributed by atoms with Crippen LogP contribution in [0.1, 0.15) is 25.7 Å². The van der Waals surface area contributed by atoms with Gasteiger partial charge in [0, 0.05) is 0 Å². The molecular formula is C10H20N2O4. The Kier molecular flexibility index (Phi) is 14.5. The minimum absolute atomic E-state index is 0.384. The van der Waals surface area contributed by atoms with E-state index in [9.17, 15) is 19.8 Å². The zero-order chi connectivity index (χ0) is 12.8. The molecule has 0 amide bonds. The standard InChI is InChI=1S/C6H16N2.C4H4O4/c7-5-3-1-2-4-6-8;5-3(6)1-2-4(7)8/h1-8H2;1-2H,(H,5,6)(H,7,8)/b;2-1-. The number of hydrogen-bond acceptors (Lipinski definition) is 4. The van der Waals surface area contributed by atoms with Gasteiger partial charge in [0.1, 0.15) is 0 Å². The summed E-state index contributed by atoms with van der Waals surface area (Å²) in [5, 5.41) is 18.8. The van der Waals surface area contributed by atoms with Crippen molar-refractivity contribution in [2.75, 3.05) is 13.1 Å². The van der Waals surface area contributed by atoms with Crippen molar-refractivity contribution in [2.24, 2.45) is 0 Å². The average molecular weight is 232 g/mol. The summed E-state index contributed by atoms with van der Waals surface area (Å²) in [7, 11) is 0. The Hall–Kier alpha value is -1.40. The van der Waals surface area contributed by atoms with E-state index in [4.69, 9.17) is 0 Å². The molecule has 0 radical (unpaired) electrons. The molecular weight excluding hydrogens is 212 g/mol. The average Bonchev–Trinajstić information content (AvgIpc) is 2.23. The molecule has 0 rings (SSSR count). The molecule has 0 bridgehead atoms. The Bertz CT molecular complexity index is 195. The molecule has 6 heteroatoms. The maximum atomic E-state index is 9.41. The van der Waals surface area contributed by atoms with E-state index in [1.54, 1.807) is 0 Å². The van der Waals surface area contributed by atoms with E-state index >= 15 is 0 Å². The highest BCUT2D eigenvalue weighted by Crippen LogP contribution is 1.94. The van der Waals surface area contributed by atoms with Crippen LogP contribution < -0.4 is 21.7 Å². The van der Waals surface area contributed by atoms with Gasteiger partial charge in [-0.2, -0.15) is 0 Å². The van der Waals surface area contributed by atoms with Crippen molar-refractivity contribution in [2.45, 2.75) is 25.7 Å². The highest BCUT2D eigenvalue weighted by atomic mass is 16.4. The normalized spacial score (nSPS) is 9.62. The summed E-state index contributed by atoms with van der Waals surface area (Å²) in [4.78, 5) is 18.8. The van der Waals surface area contributed by atoms with E-state index in [2.05, 4.69) is 11.5 Å². The van der Waals surface area contributed by atoms with Crippen molar-refractivity contribution in [3.8, 4) is 0 Å². The smallest absolute Gasteiger partial charge is 0.0739 e. The van der Waals surface area contributed by atoms with Crippen LogP contribution in [0.5, 0.6) is 0 Å². The van der Waals surface area contributed by atoms with Gasteiger partial charge in [0.15, 0.2) is 0 Å². The molecule has 0 aromatic rings. The summed E-state index contributed by atoms with van der Waals surface area (Å²) in [5.41, 5.74) is 7.54. The second-order valence-corrected chi connectivity index (χ2v) is 3.09. The SMILES string of the molecule is O=C([O-])/C=C\C(=O)[O-].[NH3+]CCCCCC[NH3+]. The second-order valence-electron chi connectivity index (χ2n) is 3.09. The Morgan fingerprint density at radius 1 is 0.812 bits per heavy atom. The molecule has 0 spiro atoms. The van der Waals surface area contributed by atoms with Gasteiger partial charge in [-0.15, -0.1) is 0 Å². The van der Waals surface area contributed by atoms with E-state index in [0.717, 1.165) is 13.1 Å². The molecule has 0 aromatic heterocycles. The van der Waals surface area contributed by atoms with Crippen molar-refractivity contribution in [1.29, 1.82) is 0 Å². The summed E-state index contributed by atoms with van der Waals surface area (Å²) in [6.45, 7) is 2.19. The third-order valence-corrected chi connectivity index (χ3v) is 1.61. The molecule has 0 aliphatic carbocycles. The lowest BCUT2D eigenvalue weighted by Crippen LogP contribution is -2.50. The van der Waals surface area contributed by atoms with Gasteiger partial charge in [-0.1, -0.05) is 0 Å². The molecule has 94 valence electrons. The molecule has 0 heterocycles. The zero-order valence-corrected chi connectivity index (χ0v) is 9.44. The van der Waals surface area contributed by atoms with Crippen molar-refractivity contribution in [3.05, 3.63) is 12.2 Å². The quantitative estimate of drug-likeness (QED) is 0.342. The third kappa shape index (κ3) is 22.9. The van der Waals surface area contributed by atoms with Gasteiger partial charge < -0.3 is 31.3 Å². The summed E-state index contributed by atoms with van der Waals surface area (Å²) >= 11 is 0. The number of carbonyl (C=O) groups is 2. The third-order valence-electron chi connectivity index (χ3n) is 1.61. The fraction of sp³-hybridized carbons (Fsp3) is 0.600. The van der Waals surface area contributed by atoms with Crippen LogP contribution in [0.2, 0.25) is 0 Å². The molecule has 16 heavy (non-hydrogen) atoms. The van der Waals surface area contributed by atoms with Crippen molar-refractivity contribution in [3.63, 3.8) is 0 Å². The Labute approximate surface area is 94.9 Å². The number of carbonyl (C=O) groups excluding carboxylic acids is 2. The van der Waals surface area contributed by atoms with Crippen LogP contribution in [0.15, 0.2) is 12.2 Å². The minimum atomic E-state index is -1.55. The van der Waals surface area contributed by atoms with Crippen LogP contribution in [0.3, 0.4) is 0 Å². The van der Waals surface area contributed by atoms with E-state index in [-0.39, 0.29) is 0 Å². The molecule has 0 aromatic carbocycles. The molecule has 6 N–H and O–H groups in total. The number of carboxylic acid groups (broad SMARTS) is 2. The maximum Gasteiger partial charge on any atom is 0.0739 e. The molecule has 0 aliphatic heterocycles. The summed E-state index contributed by atoms with van der Waals surface area (Å²) in [6, 6.07) is 0. The highest BCUT2D eigenvalue weighted by Gasteiger charge is 1.86. The molecule has 0 saturated heterocycles. The first-order valence-corrected chi connectivity index (χ1v) is 5.23. The number of aliphatic carboxylic acids is 2. The van der Waals surface area contributed by atoms with Crippen molar-refractivity contribution < 1.29 is 31.3 Å². The van der Waals surface area contributed by atoms with Gasteiger partial charge >= 0.3 is 0 Å². The lowest BCUT2D eigenvalue weighted by atomic mass is 10.2. The summed E-state index contributed by atoms with van der Waals surface area (Å²) in [6.07, 6.45) is 6.04. The van der Waals surface area contributed by atoms with Gasteiger partial charge in [0.25, 0.3) is 0 Å². The van der Waals surface area contributed by atoms with Crippen LogP contribution in [-0.2, 0) is 9.59 Å². The first-order valence-electron chi connectivity index (χ1n) is 5.23. The van der Waals surface area contributed by atoms with Gasteiger partial charge in [-0.25, -0.2) is 0 Å². The molecule has 0 saturated carbocycles. The van der Waals surface area contributed by atoms with Crippen LogP contribution in [0.25, 0.3) is 0 Å². The zero-order valence-electron chi connectivity index (χ0n) is 9.44. The molecule has 0 aliphatic rings. The first kappa shape index (κ1) is 17.0. The molecule has 0 atom stereocenters. The Morgan fingerprint density at radius 3 is 1.31 bits per heavy atom. The van der Waals surface area contributed by atoms with Crippen LogP contribution in [0, 0.1) is 0 Å². The van der Waals surface area contributed by atoms with Gasteiger partial charge in [0.2, 0.25) is 0 Å². The van der Waals surface area contributed by atoms with E-state index < -0.39 is 11.9 Å². The molecule has 0 fully saturated rings. The summed E-state index contributed by atoms with van der Waals surface area (Å²) in [5.74, 6) is -3.09. The van der Waals surface area contributed by atoms with E-state index in [1.165, 1.54) is 25.7 Å². The fourth-order valence-corrected chi connectivity index (χ4v) is 0.843. The van der Waals surface area contributed by atoms with Crippen LogP contribution >= 0.6 is 0 Å². The van der Waals surface area contributed by atoms with Crippen LogP contribution in [-0.4, -0.2) is 25.0 Å². The molecule has 0 unspecified atom stereocenters. The monoisotopic (exact) mass is 232 g/mol. The number of unbranched alkanes of at least 4 members (excludes halogenated alkanes) is 3. The second kappa shape index (κ2) is 13.6. The van der Waals surface area contributed by atoms with Crippen LogP contribution in [0.4, 0.5) is 0 Å². The predicted molar refractivity (Wildman–Crippen MR) is 53.1 cm³/mol. The van der Waals surface area contributed by atoms with Crippen molar-refractivity contribution in [1.82, 2.24) is 0 Å². The number of hydrogen-bond donors (Lipinski definition) is 2. The van der Waals surface area contributed by atoms with Gasteiger partial charge in [-0.05, 0) is 37.8 Å². The van der Waals surface area contributed by atoms with Crippen molar-refractivity contribution >= 4 is 11.9 Å². The first-order chi connectivity index (χ1) is 7.54. The maximum absolute atomic E-state index is 9.41. The van der Waals surface area contributed by atoms with Gasteiger partial charge in [-0.3, -0.25) is 0 Å². The van der Waals surface area contributed by atoms with E-state index in [0.29, 0.717) is 12.2 Å². The Morgan fingerprint density at radius 2 is 1.12 bits per heavy atom. The highest BCUT2D eigenvalue weighted by molar-refractivity contribution is 5.87. The van der Waals surface area contributed by atoms with E-state index in [1.807, 2.05) is 0 Å². The lowest BCUT2D eigenvalue weighted by Gasteiger charge is -1.91.